The van der Waals surface area contributed by atoms with Gasteiger partial charge in [0.2, 0.25) is 0 Å². The Bertz CT molecular complexity index is 736. The lowest BCUT2D eigenvalue weighted by Gasteiger charge is -2.31. The van der Waals surface area contributed by atoms with Crippen molar-refractivity contribution >= 4 is 12.0 Å². The number of hydrogen-bond donors (Lipinski definition) is 0. The molecule has 1 aliphatic rings. The molecule has 0 aromatic heterocycles. The van der Waals surface area contributed by atoms with Crippen LogP contribution in [0.5, 0.6) is 11.5 Å². The van der Waals surface area contributed by atoms with E-state index in [0.717, 1.165) is 37.0 Å². The van der Waals surface area contributed by atoms with Crippen molar-refractivity contribution in [1.82, 2.24) is 0 Å². The predicted molar refractivity (Wildman–Crippen MR) is 107 cm³/mol. The summed E-state index contributed by atoms with van der Waals surface area (Å²) in [5, 5.41) is 0. The summed E-state index contributed by atoms with van der Waals surface area (Å²) < 4.78 is 11.3. The molecule has 26 heavy (non-hydrogen) atoms. The van der Waals surface area contributed by atoms with E-state index in [0.29, 0.717) is 5.75 Å². The minimum Gasteiger partial charge on any atom is -0.483 e. The Kier molecular flexibility index (Phi) is 6.84. The van der Waals surface area contributed by atoms with Crippen LogP contribution in [-0.4, -0.2) is 11.6 Å². The SMILES string of the molecule is CC(=O)Oc1ccc2c(c1)C=C[C@@](C)(CC/C=C(\C)CCC=C(C)C)O2. The van der Waals surface area contributed by atoms with Gasteiger partial charge in [-0.3, -0.25) is 4.79 Å². The second kappa shape index (κ2) is 8.88. The Labute approximate surface area is 157 Å². The zero-order valence-electron chi connectivity index (χ0n) is 16.6. The largest absolute Gasteiger partial charge is 0.483 e. The van der Waals surface area contributed by atoms with E-state index in [9.17, 15) is 4.79 Å². The number of hydrogen-bond acceptors (Lipinski definition) is 3. The first kappa shape index (κ1) is 20.0. The summed E-state index contributed by atoms with van der Waals surface area (Å²) in [6.45, 7) is 9.99. The predicted octanol–water partition coefficient (Wildman–Crippen LogP) is 6.25. The molecule has 0 N–H and O–H groups in total. The number of rotatable bonds is 7. The van der Waals surface area contributed by atoms with Gasteiger partial charge in [-0.1, -0.05) is 29.4 Å². The highest BCUT2D eigenvalue weighted by Crippen LogP contribution is 2.35. The Balaban J connectivity index is 1.93. The zero-order chi connectivity index (χ0) is 19.2. The summed E-state index contributed by atoms with van der Waals surface area (Å²) in [7, 11) is 0. The molecule has 0 saturated heterocycles. The summed E-state index contributed by atoms with van der Waals surface area (Å²) in [4.78, 5) is 11.1. The minimum atomic E-state index is -0.317. The fraction of sp³-hybridized carbons (Fsp3) is 0.435. The quantitative estimate of drug-likeness (QED) is 0.330. The molecule has 0 fully saturated rings. The molecular formula is C23H30O3. The highest BCUT2D eigenvalue weighted by molar-refractivity contribution is 5.70. The Morgan fingerprint density at radius 1 is 1.15 bits per heavy atom. The summed E-state index contributed by atoms with van der Waals surface area (Å²) in [6.07, 6.45) is 12.9. The lowest BCUT2D eigenvalue weighted by Crippen LogP contribution is -2.31. The van der Waals surface area contributed by atoms with Gasteiger partial charge in [0, 0.05) is 12.5 Å². The molecule has 1 aliphatic heterocycles. The van der Waals surface area contributed by atoms with E-state index < -0.39 is 0 Å². The van der Waals surface area contributed by atoms with E-state index in [1.807, 2.05) is 12.1 Å². The van der Waals surface area contributed by atoms with Gasteiger partial charge >= 0.3 is 5.97 Å². The molecule has 1 heterocycles. The van der Waals surface area contributed by atoms with E-state index in [1.165, 1.54) is 18.1 Å². The number of ether oxygens (including phenoxy) is 2. The first-order valence-electron chi connectivity index (χ1n) is 9.27. The van der Waals surface area contributed by atoms with Gasteiger partial charge in [0.15, 0.2) is 0 Å². The second-order valence-electron chi connectivity index (χ2n) is 7.45. The average molecular weight is 354 g/mol. The summed E-state index contributed by atoms with van der Waals surface area (Å²) in [6, 6.07) is 5.48. The molecule has 0 bridgehead atoms. The molecule has 0 unspecified atom stereocenters. The van der Waals surface area contributed by atoms with E-state index in [4.69, 9.17) is 9.47 Å². The van der Waals surface area contributed by atoms with E-state index in [-0.39, 0.29) is 11.6 Å². The maximum atomic E-state index is 11.1. The molecule has 1 atom stereocenters. The average Bonchev–Trinajstić information content (AvgIpc) is 2.54. The first-order valence-corrected chi connectivity index (χ1v) is 9.27. The molecule has 0 saturated carbocycles. The van der Waals surface area contributed by atoms with Crippen LogP contribution in [0.15, 0.2) is 47.6 Å². The summed E-state index contributed by atoms with van der Waals surface area (Å²) >= 11 is 0. The van der Waals surface area contributed by atoms with Crippen molar-refractivity contribution in [3.8, 4) is 11.5 Å². The lowest BCUT2D eigenvalue weighted by atomic mass is 9.94. The van der Waals surface area contributed by atoms with Gasteiger partial charge in [-0.05, 0) is 77.7 Å². The normalized spacial score (nSPS) is 18.7. The van der Waals surface area contributed by atoms with E-state index in [1.54, 1.807) is 6.07 Å². The van der Waals surface area contributed by atoms with Crippen LogP contribution >= 0.6 is 0 Å². The highest BCUT2D eigenvalue weighted by Gasteiger charge is 2.26. The van der Waals surface area contributed by atoms with Crippen LogP contribution in [0.1, 0.15) is 65.9 Å². The van der Waals surface area contributed by atoms with Gasteiger partial charge in [0.25, 0.3) is 0 Å². The van der Waals surface area contributed by atoms with Crippen molar-refractivity contribution in [1.29, 1.82) is 0 Å². The molecule has 3 heteroatoms. The fourth-order valence-electron chi connectivity index (χ4n) is 2.96. The molecule has 0 amide bonds. The lowest BCUT2D eigenvalue weighted by molar-refractivity contribution is -0.131. The van der Waals surface area contributed by atoms with Crippen molar-refractivity contribution in [2.75, 3.05) is 0 Å². The maximum absolute atomic E-state index is 11.1. The Morgan fingerprint density at radius 2 is 1.92 bits per heavy atom. The third kappa shape index (κ3) is 6.21. The highest BCUT2D eigenvalue weighted by atomic mass is 16.5. The van der Waals surface area contributed by atoms with Crippen molar-refractivity contribution in [2.45, 2.75) is 65.9 Å². The van der Waals surface area contributed by atoms with Crippen molar-refractivity contribution in [3.63, 3.8) is 0 Å². The van der Waals surface area contributed by atoms with Crippen LogP contribution in [-0.2, 0) is 4.79 Å². The van der Waals surface area contributed by atoms with Crippen LogP contribution < -0.4 is 9.47 Å². The molecule has 1 aromatic carbocycles. The monoisotopic (exact) mass is 354 g/mol. The van der Waals surface area contributed by atoms with Crippen molar-refractivity contribution in [3.05, 3.63) is 53.1 Å². The number of carbonyl (C=O) groups excluding carboxylic acids is 1. The van der Waals surface area contributed by atoms with Crippen LogP contribution in [0.3, 0.4) is 0 Å². The Hall–Kier alpha value is -2.29. The molecule has 0 aliphatic carbocycles. The van der Waals surface area contributed by atoms with Crippen LogP contribution in [0.2, 0.25) is 0 Å². The minimum absolute atomic E-state index is 0.313. The number of carbonyl (C=O) groups is 1. The molecule has 0 spiro atoms. The summed E-state index contributed by atoms with van der Waals surface area (Å²) in [5.41, 5.74) is 3.43. The maximum Gasteiger partial charge on any atom is 0.308 e. The second-order valence-corrected chi connectivity index (χ2v) is 7.45. The molecule has 140 valence electrons. The molecule has 1 aromatic rings. The topological polar surface area (TPSA) is 35.5 Å². The third-order valence-electron chi connectivity index (χ3n) is 4.43. The number of fused-ring (bicyclic) bond motifs is 1. The number of allylic oxidation sites excluding steroid dienone is 4. The van der Waals surface area contributed by atoms with Gasteiger partial charge < -0.3 is 9.47 Å². The summed E-state index contributed by atoms with van der Waals surface area (Å²) in [5.74, 6) is 1.06. The van der Waals surface area contributed by atoms with E-state index in [2.05, 4.69) is 52.0 Å². The standard InChI is InChI=1S/C23H30O3/c1-17(2)8-6-9-18(3)10-7-14-23(5)15-13-20-16-21(25-19(4)24)11-12-22(20)26-23/h8,10-13,15-16H,6-7,9,14H2,1-5H3/b18-10+/t23-/m1/s1. The van der Waals surface area contributed by atoms with Gasteiger partial charge in [0.1, 0.15) is 17.1 Å². The Morgan fingerprint density at radius 3 is 2.62 bits per heavy atom. The van der Waals surface area contributed by atoms with Crippen molar-refractivity contribution in [2.24, 2.45) is 0 Å². The molecule has 3 nitrogen and oxygen atoms in total. The number of esters is 1. The third-order valence-corrected chi connectivity index (χ3v) is 4.43. The zero-order valence-corrected chi connectivity index (χ0v) is 16.6. The smallest absolute Gasteiger partial charge is 0.308 e. The molecule has 0 radical (unpaired) electrons. The molecular weight excluding hydrogens is 324 g/mol. The molecule has 2 rings (SSSR count). The van der Waals surface area contributed by atoms with Crippen molar-refractivity contribution < 1.29 is 14.3 Å². The fourth-order valence-corrected chi connectivity index (χ4v) is 2.96. The van der Waals surface area contributed by atoms with Gasteiger partial charge in [-0.25, -0.2) is 0 Å². The number of benzene rings is 1. The van der Waals surface area contributed by atoms with E-state index >= 15 is 0 Å². The van der Waals surface area contributed by atoms with Crippen LogP contribution in [0.25, 0.3) is 6.08 Å². The van der Waals surface area contributed by atoms with Gasteiger partial charge in [-0.2, -0.15) is 0 Å². The van der Waals surface area contributed by atoms with Gasteiger partial charge in [-0.15, -0.1) is 0 Å². The van der Waals surface area contributed by atoms with Crippen LogP contribution in [0, 0.1) is 0 Å². The van der Waals surface area contributed by atoms with Crippen LogP contribution in [0.4, 0.5) is 0 Å². The van der Waals surface area contributed by atoms with Gasteiger partial charge in [0.05, 0.1) is 0 Å². The first-order chi connectivity index (χ1) is 12.3.